The third-order valence-electron chi connectivity index (χ3n) is 3.51. The largest absolute Gasteiger partial charge is 0.302 e. The number of carbonyl (C=O) groups is 1. The zero-order valence-corrected chi connectivity index (χ0v) is 13.1. The molecule has 3 heteroatoms. The molecule has 1 N–H and O–H groups in total. The van der Waals surface area contributed by atoms with Crippen LogP contribution in [0, 0.1) is 0 Å². The Morgan fingerprint density at radius 2 is 2.05 bits per heavy atom. The average molecular weight is 282 g/mol. The Balaban J connectivity index is 2.83. The van der Waals surface area contributed by atoms with Crippen molar-refractivity contribution in [2.24, 2.45) is 0 Å². The third kappa shape index (κ3) is 5.33. The lowest BCUT2D eigenvalue weighted by atomic mass is 9.95. The molecule has 0 bridgehead atoms. The molecular weight excluding hydrogens is 258 g/mol. The van der Waals surface area contributed by atoms with E-state index in [2.05, 4.69) is 26.1 Å². The SMILES string of the molecule is CCC(=O)[C@@H](Cc1cccc(Cl)c1)NC(C)(C)CC. The van der Waals surface area contributed by atoms with Gasteiger partial charge in [-0.1, -0.05) is 37.6 Å². The fourth-order valence-corrected chi connectivity index (χ4v) is 2.18. The molecule has 0 aliphatic heterocycles. The number of carbonyl (C=O) groups excluding carboxylic acids is 1. The molecule has 0 amide bonds. The van der Waals surface area contributed by atoms with E-state index in [1.807, 2.05) is 31.2 Å². The second-order valence-electron chi connectivity index (χ2n) is 5.59. The topological polar surface area (TPSA) is 29.1 Å². The molecular formula is C16H24ClNO. The zero-order chi connectivity index (χ0) is 14.5. The van der Waals surface area contributed by atoms with Crippen molar-refractivity contribution in [1.82, 2.24) is 5.32 Å². The summed E-state index contributed by atoms with van der Waals surface area (Å²) < 4.78 is 0. The van der Waals surface area contributed by atoms with E-state index in [0.717, 1.165) is 17.0 Å². The minimum absolute atomic E-state index is 0.0337. The molecule has 0 aliphatic rings. The summed E-state index contributed by atoms with van der Waals surface area (Å²) in [6.45, 7) is 8.29. The number of rotatable bonds is 7. The lowest BCUT2D eigenvalue weighted by molar-refractivity contribution is -0.121. The third-order valence-corrected chi connectivity index (χ3v) is 3.75. The van der Waals surface area contributed by atoms with Crippen LogP contribution in [0.3, 0.4) is 0 Å². The number of nitrogens with one attached hydrogen (secondary N) is 1. The quantitative estimate of drug-likeness (QED) is 0.818. The van der Waals surface area contributed by atoms with E-state index in [1.54, 1.807) is 0 Å². The highest BCUT2D eigenvalue weighted by Crippen LogP contribution is 2.16. The van der Waals surface area contributed by atoms with Gasteiger partial charge < -0.3 is 5.32 Å². The Hall–Kier alpha value is -0.860. The van der Waals surface area contributed by atoms with Gasteiger partial charge in [-0.3, -0.25) is 4.79 Å². The second-order valence-corrected chi connectivity index (χ2v) is 6.02. The van der Waals surface area contributed by atoms with Crippen molar-refractivity contribution in [1.29, 1.82) is 0 Å². The van der Waals surface area contributed by atoms with Crippen molar-refractivity contribution in [2.45, 2.75) is 58.5 Å². The van der Waals surface area contributed by atoms with Gasteiger partial charge in [0.25, 0.3) is 0 Å². The van der Waals surface area contributed by atoms with Gasteiger partial charge in [0, 0.05) is 17.0 Å². The molecule has 0 heterocycles. The number of hydrogen-bond acceptors (Lipinski definition) is 2. The summed E-state index contributed by atoms with van der Waals surface area (Å²) in [5.74, 6) is 0.251. The Bertz CT molecular complexity index is 429. The summed E-state index contributed by atoms with van der Waals surface area (Å²) in [6.07, 6.45) is 2.23. The van der Waals surface area contributed by atoms with Crippen LogP contribution in [-0.4, -0.2) is 17.4 Å². The van der Waals surface area contributed by atoms with Gasteiger partial charge in [-0.05, 0) is 44.4 Å². The zero-order valence-electron chi connectivity index (χ0n) is 12.3. The van der Waals surface area contributed by atoms with E-state index in [-0.39, 0.29) is 17.4 Å². The molecule has 0 radical (unpaired) electrons. The molecule has 0 spiro atoms. The van der Waals surface area contributed by atoms with Crippen molar-refractivity contribution in [3.05, 3.63) is 34.9 Å². The first-order valence-corrected chi connectivity index (χ1v) is 7.30. The lowest BCUT2D eigenvalue weighted by Gasteiger charge is -2.30. The van der Waals surface area contributed by atoms with Gasteiger partial charge in [0.2, 0.25) is 0 Å². The molecule has 1 atom stereocenters. The number of benzene rings is 1. The molecule has 0 unspecified atom stereocenters. The fourth-order valence-electron chi connectivity index (χ4n) is 1.97. The molecule has 0 saturated carbocycles. The fraction of sp³-hybridized carbons (Fsp3) is 0.562. The van der Waals surface area contributed by atoms with Gasteiger partial charge in [-0.25, -0.2) is 0 Å². The first kappa shape index (κ1) is 16.2. The highest BCUT2D eigenvalue weighted by atomic mass is 35.5. The number of ketones is 1. The van der Waals surface area contributed by atoms with Gasteiger partial charge >= 0.3 is 0 Å². The van der Waals surface area contributed by atoms with Crippen LogP contribution in [-0.2, 0) is 11.2 Å². The van der Waals surface area contributed by atoms with Crippen LogP contribution in [0.5, 0.6) is 0 Å². The molecule has 0 aliphatic carbocycles. The molecule has 2 nitrogen and oxygen atoms in total. The number of halogens is 1. The van der Waals surface area contributed by atoms with E-state index in [0.29, 0.717) is 12.8 Å². The van der Waals surface area contributed by atoms with Crippen LogP contribution < -0.4 is 5.32 Å². The van der Waals surface area contributed by atoms with Crippen molar-refractivity contribution in [3.63, 3.8) is 0 Å². The summed E-state index contributed by atoms with van der Waals surface area (Å²) in [4.78, 5) is 12.1. The Labute approximate surface area is 121 Å². The van der Waals surface area contributed by atoms with Crippen LogP contribution in [0.2, 0.25) is 5.02 Å². The van der Waals surface area contributed by atoms with Gasteiger partial charge in [0.15, 0.2) is 0 Å². The Morgan fingerprint density at radius 1 is 1.37 bits per heavy atom. The summed E-state index contributed by atoms with van der Waals surface area (Å²) in [7, 11) is 0. The maximum Gasteiger partial charge on any atom is 0.149 e. The molecule has 106 valence electrons. The van der Waals surface area contributed by atoms with Gasteiger partial charge in [-0.15, -0.1) is 0 Å². The number of hydrogen-bond donors (Lipinski definition) is 1. The van der Waals surface area contributed by atoms with Crippen molar-refractivity contribution >= 4 is 17.4 Å². The first-order valence-electron chi connectivity index (χ1n) is 6.92. The average Bonchev–Trinajstić information content (AvgIpc) is 2.37. The maximum absolute atomic E-state index is 12.1. The van der Waals surface area contributed by atoms with Gasteiger partial charge in [-0.2, -0.15) is 0 Å². The second kappa shape index (κ2) is 7.06. The normalized spacial score (nSPS) is 13.3. The minimum Gasteiger partial charge on any atom is -0.302 e. The molecule has 1 rings (SSSR count). The van der Waals surface area contributed by atoms with E-state index in [9.17, 15) is 4.79 Å². The molecule has 19 heavy (non-hydrogen) atoms. The predicted octanol–water partition coefficient (Wildman–Crippen LogP) is 4.01. The molecule has 0 fully saturated rings. The van der Waals surface area contributed by atoms with Crippen LogP contribution in [0.1, 0.15) is 46.1 Å². The summed E-state index contributed by atoms with van der Waals surface area (Å²) in [6, 6.07) is 7.58. The van der Waals surface area contributed by atoms with E-state index in [4.69, 9.17) is 11.6 Å². The summed E-state index contributed by atoms with van der Waals surface area (Å²) in [5.41, 5.74) is 1.06. The van der Waals surface area contributed by atoms with Gasteiger partial charge in [0.1, 0.15) is 5.78 Å². The van der Waals surface area contributed by atoms with Crippen LogP contribution >= 0.6 is 11.6 Å². The Kier molecular flexibility index (Phi) is 6.02. The highest BCUT2D eigenvalue weighted by Gasteiger charge is 2.24. The molecule has 1 aromatic carbocycles. The standard InChI is InChI=1S/C16H24ClNO/c1-5-15(19)14(18-16(3,4)6-2)11-12-8-7-9-13(17)10-12/h7-10,14,18H,5-6,11H2,1-4H3/t14-/m1/s1. The van der Waals surface area contributed by atoms with E-state index in [1.165, 1.54) is 0 Å². The predicted molar refractivity (Wildman–Crippen MR) is 81.7 cm³/mol. The number of Topliss-reactive ketones (excluding diaryl/α,β-unsaturated/α-hetero) is 1. The Morgan fingerprint density at radius 3 is 2.58 bits per heavy atom. The first-order chi connectivity index (χ1) is 8.88. The van der Waals surface area contributed by atoms with Crippen molar-refractivity contribution in [3.8, 4) is 0 Å². The van der Waals surface area contributed by atoms with Crippen molar-refractivity contribution in [2.75, 3.05) is 0 Å². The lowest BCUT2D eigenvalue weighted by Crippen LogP contribution is -2.50. The van der Waals surface area contributed by atoms with Crippen molar-refractivity contribution < 1.29 is 4.79 Å². The summed E-state index contributed by atoms with van der Waals surface area (Å²) in [5, 5.41) is 4.19. The monoisotopic (exact) mass is 281 g/mol. The van der Waals surface area contributed by atoms with Crippen LogP contribution in [0.15, 0.2) is 24.3 Å². The van der Waals surface area contributed by atoms with E-state index < -0.39 is 0 Å². The maximum atomic E-state index is 12.1. The smallest absolute Gasteiger partial charge is 0.149 e. The van der Waals surface area contributed by atoms with Crippen LogP contribution in [0.25, 0.3) is 0 Å². The highest BCUT2D eigenvalue weighted by molar-refractivity contribution is 6.30. The summed E-state index contributed by atoms with van der Waals surface area (Å²) >= 11 is 6.00. The minimum atomic E-state index is -0.140. The molecule has 1 aromatic rings. The molecule has 0 saturated heterocycles. The van der Waals surface area contributed by atoms with Crippen LogP contribution in [0.4, 0.5) is 0 Å². The molecule has 0 aromatic heterocycles. The van der Waals surface area contributed by atoms with Gasteiger partial charge in [0.05, 0.1) is 6.04 Å². The van der Waals surface area contributed by atoms with E-state index >= 15 is 0 Å².